The van der Waals surface area contributed by atoms with Gasteiger partial charge in [0, 0.05) is 37.5 Å². The molecule has 0 radical (unpaired) electrons. The lowest BCUT2D eigenvalue weighted by Crippen LogP contribution is -2.37. The average molecular weight is 332 g/mol. The van der Waals surface area contributed by atoms with Gasteiger partial charge < -0.3 is 14.2 Å². The number of amides is 2. The molecule has 0 spiro atoms. The second-order valence-electron chi connectivity index (χ2n) is 5.58. The molecule has 5 nitrogen and oxygen atoms in total. The molecule has 0 saturated carbocycles. The summed E-state index contributed by atoms with van der Waals surface area (Å²) in [7, 11) is 0. The molecule has 2 aromatic heterocycles. The number of furan rings is 1. The van der Waals surface area contributed by atoms with E-state index in [0.29, 0.717) is 38.4 Å². The molecule has 1 fully saturated rings. The molecule has 2 amide bonds. The molecule has 2 aromatic rings. The van der Waals surface area contributed by atoms with Crippen molar-refractivity contribution in [3.8, 4) is 0 Å². The quantitative estimate of drug-likeness (QED) is 0.865. The maximum atomic E-state index is 12.4. The van der Waals surface area contributed by atoms with Crippen LogP contribution in [-0.4, -0.2) is 47.8 Å². The summed E-state index contributed by atoms with van der Waals surface area (Å²) in [5.74, 6) is 0.441. The topological polar surface area (TPSA) is 53.8 Å². The van der Waals surface area contributed by atoms with Crippen LogP contribution in [0.15, 0.2) is 40.3 Å². The van der Waals surface area contributed by atoms with Gasteiger partial charge >= 0.3 is 0 Å². The van der Waals surface area contributed by atoms with E-state index in [1.807, 2.05) is 16.3 Å². The predicted octanol–water partition coefficient (Wildman–Crippen LogP) is 2.65. The van der Waals surface area contributed by atoms with Crippen LogP contribution >= 0.6 is 11.3 Å². The minimum atomic E-state index is -0.0946. The fourth-order valence-electron chi connectivity index (χ4n) is 2.77. The van der Waals surface area contributed by atoms with Crippen molar-refractivity contribution in [1.82, 2.24) is 9.80 Å². The summed E-state index contributed by atoms with van der Waals surface area (Å²) in [6, 6.07) is 7.46. The SMILES string of the molecule is O=C(CCc1cccs1)N1CCCN(C(=O)c2ccco2)CC1. The van der Waals surface area contributed by atoms with E-state index in [2.05, 4.69) is 6.07 Å². The van der Waals surface area contributed by atoms with Gasteiger partial charge in [0.1, 0.15) is 0 Å². The van der Waals surface area contributed by atoms with Crippen LogP contribution in [0.5, 0.6) is 0 Å². The molecule has 23 heavy (non-hydrogen) atoms. The summed E-state index contributed by atoms with van der Waals surface area (Å²) in [5.41, 5.74) is 0. The maximum Gasteiger partial charge on any atom is 0.289 e. The van der Waals surface area contributed by atoms with Gasteiger partial charge in [-0.1, -0.05) is 6.07 Å². The van der Waals surface area contributed by atoms with Crippen molar-refractivity contribution in [2.24, 2.45) is 0 Å². The number of hydrogen-bond donors (Lipinski definition) is 0. The van der Waals surface area contributed by atoms with Gasteiger partial charge in [-0.3, -0.25) is 9.59 Å². The molecule has 0 bridgehead atoms. The second kappa shape index (κ2) is 7.46. The van der Waals surface area contributed by atoms with E-state index in [4.69, 9.17) is 4.42 Å². The minimum Gasteiger partial charge on any atom is -0.459 e. The molecule has 0 N–H and O–H groups in total. The van der Waals surface area contributed by atoms with Crippen molar-refractivity contribution in [3.05, 3.63) is 46.5 Å². The zero-order chi connectivity index (χ0) is 16.1. The zero-order valence-corrected chi connectivity index (χ0v) is 13.8. The Kier molecular flexibility index (Phi) is 5.12. The molecule has 3 rings (SSSR count). The highest BCUT2D eigenvalue weighted by molar-refractivity contribution is 7.09. The third-order valence-corrected chi connectivity index (χ3v) is 4.97. The van der Waals surface area contributed by atoms with Crippen LogP contribution in [-0.2, 0) is 11.2 Å². The molecular formula is C17H20N2O3S. The van der Waals surface area contributed by atoms with E-state index < -0.39 is 0 Å². The van der Waals surface area contributed by atoms with Crippen molar-refractivity contribution < 1.29 is 14.0 Å². The number of carbonyl (C=O) groups excluding carboxylic acids is 2. The van der Waals surface area contributed by atoms with E-state index in [1.54, 1.807) is 28.4 Å². The molecule has 0 atom stereocenters. The van der Waals surface area contributed by atoms with E-state index in [-0.39, 0.29) is 11.8 Å². The van der Waals surface area contributed by atoms with E-state index in [9.17, 15) is 9.59 Å². The second-order valence-corrected chi connectivity index (χ2v) is 6.62. The number of aryl methyl sites for hydroxylation is 1. The van der Waals surface area contributed by atoms with Crippen molar-refractivity contribution in [1.29, 1.82) is 0 Å². The lowest BCUT2D eigenvalue weighted by atomic mass is 10.2. The van der Waals surface area contributed by atoms with Gasteiger partial charge in [0.05, 0.1) is 6.26 Å². The first kappa shape index (κ1) is 15.8. The average Bonchev–Trinajstić information content (AvgIpc) is 3.22. The third kappa shape index (κ3) is 4.01. The van der Waals surface area contributed by atoms with E-state index in [0.717, 1.165) is 12.8 Å². The molecule has 1 aliphatic rings. The van der Waals surface area contributed by atoms with Gasteiger partial charge in [-0.25, -0.2) is 0 Å². The summed E-state index contributed by atoms with van der Waals surface area (Å²) >= 11 is 1.68. The van der Waals surface area contributed by atoms with Gasteiger partial charge in [0.15, 0.2) is 5.76 Å². The zero-order valence-electron chi connectivity index (χ0n) is 12.9. The Bertz CT molecular complexity index is 637. The van der Waals surface area contributed by atoms with Crippen LogP contribution in [0.1, 0.15) is 28.3 Å². The first-order valence-electron chi connectivity index (χ1n) is 7.87. The van der Waals surface area contributed by atoms with Crippen molar-refractivity contribution in [3.63, 3.8) is 0 Å². The Morgan fingerprint density at radius 2 is 1.91 bits per heavy atom. The fraction of sp³-hybridized carbons (Fsp3) is 0.412. The highest BCUT2D eigenvalue weighted by Crippen LogP contribution is 2.14. The number of carbonyl (C=O) groups is 2. The Morgan fingerprint density at radius 1 is 1.09 bits per heavy atom. The molecule has 0 aliphatic carbocycles. The van der Waals surface area contributed by atoms with Crippen LogP contribution in [0.2, 0.25) is 0 Å². The minimum absolute atomic E-state index is 0.0946. The van der Waals surface area contributed by atoms with Gasteiger partial charge in [0.25, 0.3) is 5.91 Å². The number of thiophene rings is 1. The van der Waals surface area contributed by atoms with Crippen molar-refractivity contribution in [2.45, 2.75) is 19.3 Å². The highest BCUT2D eigenvalue weighted by atomic mass is 32.1. The molecule has 0 aromatic carbocycles. The smallest absolute Gasteiger partial charge is 0.289 e. The Balaban J connectivity index is 1.51. The Hall–Kier alpha value is -2.08. The van der Waals surface area contributed by atoms with E-state index >= 15 is 0 Å². The largest absolute Gasteiger partial charge is 0.459 e. The van der Waals surface area contributed by atoms with E-state index in [1.165, 1.54) is 11.1 Å². The molecule has 122 valence electrons. The Labute approximate surface area is 139 Å². The number of nitrogens with zero attached hydrogens (tertiary/aromatic N) is 2. The molecule has 1 aliphatic heterocycles. The first-order chi connectivity index (χ1) is 11.2. The van der Waals surface area contributed by atoms with Gasteiger partial charge in [-0.15, -0.1) is 11.3 Å². The van der Waals surface area contributed by atoms with Crippen LogP contribution < -0.4 is 0 Å². The summed E-state index contributed by atoms with van der Waals surface area (Å²) < 4.78 is 5.17. The molecule has 6 heteroatoms. The van der Waals surface area contributed by atoms with Gasteiger partial charge in [-0.2, -0.15) is 0 Å². The van der Waals surface area contributed by atoms with Crippen LogP contribution in [0.4, 0.5) is 0 Å². The summed E-state index contributed by atoms with van der Waals surface area (Å²) in [6.07, 6.45) is 3.64. The maximum absolute atomic E-state index is 12.4. The van der Waals surface area contributed by atoms with Crippen LogP contribution in [0.25, 0.3) is 0 Å². The summed E-state index contributed by atoms with van der Waals surface area (Å²) in [5, 5.41) is 2.03. The number of rotatable bonds is 4. The lowest BCUT2D eigenvalue weighted by molar-refractivity contribution is -0.131. The standard InChI is InChI=1S/C17H20N2O3S/c20-16(7-6-14-4-2-13-23-14)18-8-3-9-19(11-10-18)17(21)15-5-1-12-22-15/h1-2,4-5,12-13H,3,6-11H2. The molecule has 0 unspecified atom stereocenters. The lowest BCUT2D eigenvalue weighted by Gasteiger charge is -2.21. The fourth-order valence-corrected chi connectivity index (χ4v) is 3.48. The third-order valence-electron chi connectivity index (χ3n) is 4.03. The summed E-state index contributed by atoms with van der Waals surface area (Å²) in [4.78, 5) is 29.5. The molecular weight excluding hydrogens is 312 g/mol. The van der Waals surface area contributed by atoms with Crippen LogP contribution in [0.3, 0.4) is 0 Å². The normalized spacial score (nSPS) is 15.5. The predicted molar refractivity (Wildman–Crippen MR) is 88.4 cm³/mol. The van der Waals surface area contributed by atoms with Crippen LogP contribution in [0, 0.1) is 0 Å². The Morgan fingerprint density at radius 3 is 2.65 bits per heavy atom. The van der Waals surface area contributed by atoms with Crippen molar-refractivity contribution >= 4 is 23.2 Å². The molecule has 3 heterocycles. The highest BCUT2D eigenvalue weighted by Gasteiger charge is 2.23. The number of hydrogen-bond acceptors (Lipinski definition) is 4. The van der Waals surface area contributed by atoms with Gasteiger partial charge in [-0.05, 0) is 36.4 Å². The summed E-state index contributed by atoms with van der Waals surface area (Å²) in [6.45, 7) is 2.53. The van der Waals surface area contributed by atoms with Gasteiger partial charge in [0.2, 0.25) is 5.91 Å². The first-order valence-corrected chi connectivity index (χ1v) is 8.75. The van der Waals surface area contributed by atoms with Crippen molar-refractivity contribution in [2.75, 3.05) is 26.2 Å². The molecule has 1 saturated heterocycles. The monoisotopic (exact) mass is 332 g/mol.